The molecule has 3 aliphatic carbocycles. The van der Waals surface area contributed by atoms with E-state index in [2.05, 4.69) is 31.9 Å². The largest absolute Gasteiger partial charge is 0.462 e. The van der Waals surface area contributed by atoms with Crippen LogP contribution in [0.3, 0.4) is 0 Å². The van der Waals surface area contributed by atoms with Gasteiger partial charge < -0.3 is 4.74 Å². The SMILES string of the molecule is CCOC(=O)c1ccc(N2C(=O)C3C(C2=O)C2(Br)c4ccccc4C3(Br)c3ccccc32)cc1. The Morgan fingerprint density at radius 3 is 1.59 bits per heavy atom. The maximum Gasteiger partial charge on any atom is 0.338 e. The summed E-state index contributed by atoms with van der Waals surface area (Å²) in [7, 11) is 0. The van der Waals surface area contributed by atoms with Crippen LogP contribution in [0, 0.1) is 11.8 Å². The number of amides is 2. The molecule has 1 heterocycles. The van der Waals surface area contributed by atoms with Crippen LogP contribution < -0.4 is 4.90 Å². The molecule has 1 saturated heterocycles. The van der Waals surface area contributed by atoms with Crippen molar-refractivity contribution in [2.75, 3.05) is 11.5 Å². The van der Waals surface area contributed by atoms with Gasteiger partial charge in [-0.3, -0.25) is 9.59 Å². The number of hydrogen-bond acceptors (Lipinski definition) is 4. The Balaban J connectivity index is 1.52. The fraction of sp³-hybridized carbons (Fsp3) is 0.222. The fourth-order valence-electron chi connectivity index (χ4n) is 5.88. The summed E-state index contributed by atoms with van der Waals surface area (Å²) in [6.07, 6.45) is 0. The lowest BCUT2D eigenvalue weighted by Gasteiger charge is -2.55. The van der Waals surface area contributed by atoms with Crippen molar-refractivity contribution in [2.24, 2.45) is 11.8 Å². The minimum Gasteiger partial charge on any atom is -0.462 e. The summed E-state index contributed by atoms with van der Waals surface area (Å²) in [5.41, 5.74) is 4.79. The first-order valence-electron chi connectivity index (χ1n) is 11.1. The lowest BCUT2D eigenvalue weighted by molar-refractivity contribution is -0.122. The van der Waals surface area contributed by atoms with Crippen LogP contribution in [0.15, 0.2) is 72.8 Å². The summed E-state index contributed by atoms with van der Waals surface area (Å²) in [4.78, 5) is 41.3. The number of carbonyl (C=O) groups is 3. The third kappa shape index (κ3) is 2.52. The van der Waals surface area contributed by atoms with Crippen LogP contribution in [0.1, 0.15) is 39.5 Å². The van der Waals surface area contributed by atoms with Crippen molar-refractivity contribution >= 4 is 55.3 Å². The number of hydrogen-bond donors (Lipinski definition) is 0. The van der Waals surface area contributed by atoms with Crippen LogP contribution in [0.25, 0.3) is 0 Å². The van der Waals surface area contributed by atoms with Crippen molar-refractivity contribution in [3.8, 4) is 0 Å². The van der Waals surface area contributed by atoms with Gasteiger partial charge in [-0.2, -0.15) is 0 Å². The molecule has 2 unspecified atom stereocenters. The number of benzene rings is 3. The third-order valence-electron chi connectivity index (χ3n) is 7.22. The second kappa shape index (κ2) is 7.36. The summed E-state index contributed by atoms with van der Waals surface area (Å²) in [5, 5.41) is 0. The van der Waals surface area contributed by atoms with Gasteiger partial charge in [-0.1, -0.05) is 80.4 Å². The van der Waals surface area contributed by atoms with Crippen LogP contribution >= 0.6 is 31.9 Å². The van der Waals surface area contributed by atoms with E-state index in [1.165, 1.54) is 4.90 Å². The Hall–Kier alpha value is -2.77. The number of imide groups is 1. The number of alkyl halides is 2. The highest BCUT2D eigenvalue weighted by Gasteiger charge is 2.72. The van der Waals surface area contributed by atoms with Gasteiger partial charge in [0.2, 0.25) is 11.8 Å². The second-order valence-electron chi connectivity index (χ2n) is 8.75. The number of nitrogens with zero attached hydrogens (tertiary/aromatic N) is 1. The summed E-state index contributed by atoms with van der Waals surface area (Å²) < 4.78 is 3.40. The maximum absolute atomic E-state index is 14.0. The van der Waals surface area contributed by atoms with Gasteiger partial charge in [-0.15, -0.1) is 0 Å². The van der Waals surface area contributed by atoms with Crippen LogP contribution in [-0.4, -0.2) is 24.4 Å². The average Bonchev–Trinajstić information content (AvgIpc) is 3.14. The zero-order valence-electron chi connectivity index (χ0n) is 18.1. The molecule has 5 nitrogen and oxygen atoms in total. The summed E-state index contributed by atoms with van der Waals surface area (Å²) >= 11 is 7.99. The monoisotopic (exact) mass is 579 g/mol. The molecule has 0 radical (unpaired) electrons. The molecule has 3 aromatic carbocycles. The molecule has 2 atom stereocenters. The molecule has 2 bridgehead atoms. The molecule has 34 heavy (non-hydrogen) atoms. The van der Waals surface area contributed by atoms with Crippen molar-refractivity contribution in [3.05, 3.63) is 101 Å². The zero-order valence-corrected chi connectivity index (χ0v) is 21.3. The van der Waals surface area contributed by atoms with Crippen LogP contribution in [0.2, 0.25) is 0 Å². The van der Waals surface area contributed by atoms with Crippen LogP contribution in [0.4, 0.5) is 5.69 Å². The van der Waals surface area contributed by atoms with Gasteiger partial charge in [0.15, 0.2) is 0 Å². The van der Waals surface area contributed by atoms with Crippen molar-refractivity contribution in [3.63, 3.8) is 0 Å². The number of anilines is 1. The molecule has 3 aromatic rings. The normalized spacial score (nSPS) is 28.4. The number of halogens is 2. The lowest BCUT2D eigenvalue weighted by Crippen LogP contribution is -2.56. The minimum atomic E-state index is -0.827. The van der Waals surface area contributed by atoms with Gasteiger partial charge in [-0.05, 0) is 53.4 Å². The molecular weight excluding hydrogens is 562 g/mol. The Labute approximate surface area is 213 Å². The third-order valence-corrected chi connectivity index (χ3v) is 9.92. The van der Waals surface area contributed by atoms with E-state index in [4.69, 9.17) is 4.74 Å². The Bertz CT molecular complexity index is 1260. The van der Waals surface area contributed by atoms with E-state index < -0.39 is 26.5 Å². The second-order valence-corrected chi connectivity index (χ2v) is 11.3. The van der Waals surface area contributed by atoms with Gasteiger partial charge >= 0.3 is 5.97 Å². The standard InChI is InChI=1S/C27H19Br2NO4/c1-2-34-25(33)15-11-13-16(14-12-15)30-23(31)21-22(24(30)32)27(29)18-8-4-3-7-17(18)26(21,28)19-9-5-6-10-20(19)27/h3-14,21-22H,2H2,1H3. The Morgan fingerprint density at radius 2 is 1.21 bits per heavy atom. The van der Waals surface area contributed by atoms with Gasteiger partial charge in [-0.25, -0.2) is 9.69 Å². The lowest BCUT2D eigenvalue weighted by atomic mass is 9.54. The van der Waals surface area contributed by atoms with Crippen molar-refractivity contribution in [1.29, 1.82) is 0 Å². The predicted molar refractivity (Wildman–Crippen MR) is 134 cm³/mol. The summed E-state index contributed by atoms with van der Waals surface area (Å²) in [6, 6.07) is 22.4. The van der Waals surface area contributed by atoms with E-state index in [0.29, 0.717) is 11.3 Å². The van der Waals surface area contributed by atoms with Gasteiger partial charge in [0.05, 0.1) is 38.3 Å². The molecule has 7 rings (SSSR count). The molecule has 0 spiro atoms. The Kier molecular flexibility index (Phi) is 4.71. The van der Waals surface area contributed by atoms with Gasteiger partial charge in [0.25, 0.3) is 0 Å². The van der Waals surface area contributed by atoms with E-state index in [9.17, 15) is 14.4 Å². The molecule has 7 heteroatoms. The quantitative estimate of drug-likeness (QED) is 0.240. The van der Waals surface area contributed by atoms with E-state index in [-0.39, 0.29) is 18.4 Å². The van der Waals surface area contributed by atoms with Gasteiger partial charge in [0.1, 0.15) is 0 Å². The maximum atomic E-state index is 14.0. The molecule has 1 fully saturated rings. The van der Waals surface area contributed by atoms with Crippen molar-refractivity contribution in [2.45, 2.75) is 15.6 Å². The van der Waals surface area contributed by atoms with Gasteiger partial charge in [0, 0.05) is 0 Å². The number of carbonyl (C=O) groups excluding carboxylic acids is 3. The van der Waals surface area contributed by atoms with E-state index in [0.717, 1.165) is 22.3 Å². The zero-order chi connectivity index (χ0) is 23.8. The molecular formula is C27H19Br2NO4. The Morgan fingerprint density at radius 1 is 0.794 bits per heavy atom. The molecule has 0 saturated carbocycles. The number of ether oxygens (including phenoxy) is 1. The number of esters is 1. The first-order valence-corrected chi connectivity index (χ1v) is 12.7. The molecule has 2 amide bonds. The highest BCUT2D eigenvalue weighted by Crippen LogP contribution is 2.70. The highest BCUT2D eigenvalue weighted by atomic mass is 79.9. The average molecular weight is 581 g/mol. The van der Waals surface area contributed by atoms with Crippen LogP contribution in [-0.2, 0) is 23.0 Å². The summed E-state index contributed by atoms with van der Waals surface area (Å²) in [5.74, 6) is -2.22. The smallest absolute Gasteiger partial charge is 0.338 e. The molecule has 0 aromatic heterocycles. The van der Waals surface area contributed by atoms with Crippen molar-refractivity contribution in [1.82, 2.24) is 0 Å². The molecule has 4 aliphatic rings. The fourth-order valence-corrected chi connectivity index (χ4v) is 8.19. The first kappa shape index (κ1) is 21.7. The van der Waals surface area contributed by atoms with E-state index >= 15 is 0 Å². The highest BCUT2D eigenvalue weighted by molar-refractivity contribution is 9.10. The van der Waals surface area contributed by atoms with Crippen molar-refractivity contribution < 1.29 is 19.1 Å². The summed E-state index contributed by atoms with van der Waals surface area (Å²) in [6.45, 7) is 2.01. The van der Waals surface area contributed by atoms with E-state index in [1.54, 1.807) is 31.2 Å². The number of rotatable bonds is 3. The van der Waals surface area contributed by atoms with Crippen LogP contribution in [0.5, 0.6) is 0 Å². The molecule has 1 aliphatic heterocycles. The molecule has 170 valence electrons. The predicted octanol–water partition coefficient (Wildman–Crippen LogP) is 5.27. The van der Waals surface area contributed by atoms with E-state index in [1.807, 2.05) is 48.5 Å². The topological polar surface area (TPSA) is 63.7 Å². The molecule has 0 N–H and O–H groups in total. The minimum absolute atomic E-state index is 0.261. The first-order chi connectivity index (χ1) is 16.3.